The molecule has 0 radical (unpaired) electrons. The highest BCUT2D eigenvalue weighted by molar-refractivity contribution is 5.71. The van der Waals surface area contributed by atoms with Gasteiger partial charge in [0.2, 0.25) is 0 Å². The largest absolute Gasteiger partial charge is 0.497 e. The molecule has 42 heavy (non-hydrogen) atoms. The summed E-state index contributed by atoms with van der Waals surface area (Å²) in [6.45, 7) is 4.00. The number of methoxy groups -OCH3 is 2. The average molecular weight is 582 g/mol. The Hall–Kier alpha value is -4.52. The van der Waals surface area contributed by atoms with Gasteiger partial charge in [-0.1, -0.05) is 0 Å². The van der Waals surface area contributed by atoms with Gasteiger partial charge in [0.05, 0.1) is 38.7 Å². The number of halogens is 2. The van der Waals surface area contributed by atoms with E-state index in [9.17, 15) is 13.9 Å². The third-order valence-corrected chi connectivity index (χ3v) is 6.33. The van der Waals surface area contributed by atoms with Crippen LogP contribution in [0.3, 0.4) is 0 Å². The van der Waals surface area contributed by atoms with Gasteiger partial charge in [-0.05, 0) is 38.8 Å². The van der Waals surface area contributed by atoms with Crippen molar-refractivity contribution >= 4 is 17.5 Å². The number of ether oxygens (including phenoxy) is 3. The lowest BCUT2D eigenvalue weighted by Crippen LogP contribution is -2.26. The maximum atomic E-state index is 13.7. The number of hydrogen-bond donors (Lipinski definition) is 3. The molecular weight excluding hydrogens is 548 g/mol. The van der Waals surface area contributed by atoms with E-state index < -0.39 is 17.9 Å². The topological polar surface area (TPSA) is 128 Å². The van der Waals surface area contributed by atoms with Crippen molar-refractivity contribution in [3.63, 3.8) is 0 Å². The van der Waals surface area contributed by atoms with Crippen molar-refractivity contribution in [2.24, 2.45) is 0 Å². The van der Waals surface area contributed by atoms with E-state index >= 15 is 0 Å². The van der Waals surface area contributed by atoms with Gasteiger partial charge in [-0.2, -0.15) is 5.10 Å². The molecule has 1 aromatic carbocycles. The van der Waals surface area contributed by atoms with Gasteiger partial charge in [-0.3, -0.25) is 4.68 Å². The van der Waals surface area contributed by atoms with Crippen LogP contribution >= 0.6 is 0 Å². The van der Waals surface area contributed by atoms with Gasteiger partial charge < -0.3 is 30.0 Å². The molecule has 222 valence electrons. The fourth-order valence-electron chi connectivity index (χ4n) is 4.20. The minimum absolute atomic E-state index is 0.0978. The second-order valence-electron chi connectivity index (χ2n) is 10.6. The molecular formula is C29H33F2N7O4. The smallest absolute Gasteiger partial charge is 0.297 e. The van der Waals surface area contributed by atoms with Crippen molar-refractivity contribution in [1.82, 2.24) is 24.7 Å². The average Bonchev–Trinajstić information content (AvgIpc) is 3.66. The molecule has 0 bridgehead atoms. The standard InChI is InChI=1S/C29H33F2N7O4/c1-29(2,39)16-38-15-18(13-34-38)21-14-33-24(10-23(21)42-19-7-8-19)35-26-11-25(36-28(37-26)27(30)31)32-12-17-5-6-20(40-3)9-22(17)41-4/h5-6,9-11,13-15,19,27,39H,7-8,12,16H2,1-4H3,(H2,32,33,35,36,37). The van der Waals surface area contributed by atoms with E-state index in [1.54, 1.807) is 63.3 Å². The van der Waals surface area contributed by atoms with Gasteiger partial charge in [0.25, 0.3) is 6.43 Å². The monoisotopic (exact) mass is 581 g/mol. The molecule has 0 amide bonds. The Morgan fingerprint density at radius 2 is 1.81 bits per heavy atom. The molecule has 5 rings (SSSR count). The molecule has 0 aliphatic heterocycles. The molecule has 1 aliphatic rings. The van der Waals surface area contributed by atoms with Crippen LogP contribution < -0.4 is 24.8 Å². The van der Waals surface area contributed by atoms with Crippen LogP contribution in [0, 0.1) is 0 Å². The zero-order chi connectivity index (χ0) is 29.9. The lowest BCUT2D eigenvalue weighted by Gasteiger charge is -2.16. The number of nitrogens with one attached hydrogen (secondary N) is 2. The number of aromatic nitrogens is 5. The maximum absolute atomic E-state index is 13.7. The zero-order valence-electron chi connectivity index (χ0n) is 23.8. The normalized spacial score (nSPS) is 13.2. The number of nitrogens with zero attached hydrogens (tertiary/aromatic N) is 5. The Labute approximate surface area is 241 Å². The summed E-state index contributed by atoms with van der Waals surface area (Å²) in [7, 11) is 3.10. The fraction of sp³-hybridized carbons (Fsp3) is 0.379. The third-order valence-electron chi connectivity index (χ3n) is 6.33. The first kappa shape index (κ1) is 29.0. The Morgan fingerprint density at radius 1 is 1.02 bits per heavy atom. The maximum Gasteiger partial charge on any atom is 0.297 e. The fourth-order valence-corrected chi connectivity index (χ4v) is 4.20. The molecule has 4 aromatic rings. The molecule has 0 unspecified atom stereocenters. The van der Waals surface area contributed by atoms with Crippen LogP contribution in [-0.4, -0.2) is 55.8 Å². The predicted molar refractivity (Wildman–Crippen MR) is 153 cm³/mol. The van der Waals surface area contributed by atoms with Gasteiger partial charge in [0.15, 0.2) is 5.82 Å². The molecule has 0 atom stereocenters. The van der Waals surface area contributed by atoms with Crippen molar-refractivity contribution in [3.05, 3.63) is 60.3 Å². The molecule has 3 aromatic heterocycles. The number of hydrogen-bond acceptors (Lipinski definition) is 10. The van der Waals surface area contributed by atoms with Crippen LogP contribution in [-0.2, 0) is 13.1 Å². The summed E-state index contributed by atoms with van der Waals surface area (Å²) < 4.78 is 45.9. The van der Waals surface area contributed by atoms with Crippen molar-refractivity contribution < 1.29 is 28.1 Å². The Kier molecular flexibility index (Phi) is 8.39. The second-order valence-corrected chi connectivity index (χ2v) is 10.6. The minimum atomic E-state index is -2.88. The number of aliphatic hydroxyl groups is 1. The Bertz CT molecular complexity index is 1540. The molecule has 0 spiro atoms. The second kappa shape index (κ2) is 12.1. The number of anilines is 3. The molecule has 3 heterocycles. The lowest BCUT2D eigenvalue weighted by atomic mass is 10.1. The minimum Gasteiger partial charge on any atom is -0.497 e. The van der Waals surface area contributed by atoms with Crippen LogP contribution in [0.2, 0.25) is 0 Å². The molecule has 1 aliphatic carbocycles. The van der Waals surface area contributed by atoms with Crippen LogP contribution in [0.1, 0.15) is 44.5 Å². The highest BCUT2D eigenvalue weighted by atomic mass is 19.3. The lowest BCUT2D eigenvalue weighted by molar-refractivity contribution is 0.0577. The highest BCUT2D eigenvalue weighted by Gasteiger charge is 2.26. The van der Waals surface area contributed by atoms with Gasteiger partial charge >= 0.3 is 0 Å². The van der Waals surface area contributed by atoms with Gasteiger partial charge in [-0.25, -0.2) is 23.7 Å². The van der Waals surface area contributed by atoms with E-state index in [4.69, 9.17) is 14.2 Å². The van der Waals surface area contributed by atoms with Crippen molar-refractivity contribution in [1.29, 1.82) is 0 Å². The molecule has 13 heteroatoms. The van der Waals surface area contributed by atoms with E-state index in [-0.39, 0.29) is 24.3 Å². The summed E-state index contributed by atoms with van der Waals surface area (Å²) >= 11 is 0. The van der Waals surface area contributed by atoms with E-state index in [1.807, 2.05) is 12.3 Å². The van der Waals surface area contributed by atoms with Crippen LogP contribution in [0.5, 0.6) is 17.2 Å². The highest BCUT2D eigenvalue weighted by Crippen LogP contribution is 2.36. The molecule has 0 saturated heterocycles. The summed E-state index contributed by atoms with van der Waals surface area (Å²) in [5.74, 6) is 1.86. The quantitative estimate of drug-likeness (QED) is 0.190. The van der Waals surface area contributed by atoms with E-state index in [2.05, 4.69) is 30.7 Å². The Morgan fingerprint density at radius 3 is 2.50 bits per heavy atom. The van der Waals surface area contributed by atoms with Gasteiger partial charge in [0, 0.05) is 53.8 Å². The summed E-state index contributed by atoms with van der Waals surface area (Å²) in [5.41, 5.74) is 1.36. The van der Waals surface area contributed by atoms with Crippen LogP contribution in [0.4, 0.5) is 26.2 Å². The first-order valence-corrected chi connectivity index (χ1v) is 13.4. The summed E-state index contributed by atoms with van der Waals surface area (Å²) in [5, 5.41) is 20.6. The van der Waals surface area contributed by atoms with Crippen LogP contribution in [0.15, 0.2) is 48.9 Å². The SMILES string of the molecule is COc1ccc(CNc2cc(Nc3cc(OC4CC4)c(-c4cnn(CC(C)(C)O)c4)cn3)nc(C(F)F)n2)c(OC)c1. The summed E-state index contributed by atoms with van der Waals surface area (Å²) in [6, 6.07) is 8.58. The number of benzene rings is 1. The first-order chi connectivity index (χ1) is 20.1. The molecule has 3 N–H and O–H groups in total. The van der Waals surface area contributed by atoms with Crippen molar-refractivity contribution in [3.8, 4) is 28.4 Å². The molecule has 1 fully saturated rings. The summed E-state index contributed by atoms with van der Waals surface area (Å²) in [4.78, 5) is 12.4. The number of rotatable bonds is 13. The third kappa shape index (κ3) is 7.40. The van der Waals surface area contributed by atoms with Gasteiger partial charge in [-0.15, -0.1) is 0 Å². The van der Waals surface area contributed by atoms with E-state index in [1.165, 1.54) is 6.07 Å². The van der Waals surface area contributed by atoms with Gasteiger partial charge in [0.1, 0.15) is 34.7 Å². The predicted octanol–water partition coefficient (Wildman–Crippen LogP) is 5.36. The van der Waals surface area contributed by atoms with E-state index in [0.29, 0.717) is 29.6 Å². The molecule has 1 saturated carbocycles. The van der Waals surface area contributed by atoms with E-state index in [0.717, 1.165) is 29.5 Å². The first-order valence-electron chi connectivity index (χ1n) is 13.4. The summed E-state index contributed by atoms with van der Waals surface area (Å²) in [6.07, 6.45) is 4.24. The molecule has 11 nitrogen and oxygen atoms in total. The van der Waals surface area contributed by atoms with Crippen LogP contribution in [0.25, 0.3) is 11.1 Å². The zero-order valence-corrected chi connectivity index (χ0v) is 23.8. The Balaban J connectivity index is 1.38. The number of alkyl halides is 2. The van der Waals surface area contributed by atoms with Crippen molar-refractivity contribution in [2.45, 2.75) is 57.9 Å². The number of pyridine rings is 1. The van der Waals surface area contributed by atoms with Crippen molar-refractivity contribution in [2.75, 3.05) is 24.9 Å².